The topological polar surface area (TPSA) is 35.2 Å². The molecular formula is C15H14ClF2NO. The largest absolute Gasteiger partial charge is 0.488 e. The van der Waals surface area contributed by atoms with E-state index in [4.69, 9.17) is 22.1 Å². The summed E-state index contributed by atoms with van der Waals surface area (Å²) in [6.45, 7) is 1.90. The molecule has 0 heterocycles. The standard InChI is InChI=1S/C15H14ClF2NO/c1-9(19)13-5-4-12(18)7-15(13)20-8-10-2-3-11(17)6-14(10)16/h2-7,9H,8,19H2,1H3/t9-/m1/s1. The molecule has 1 atom stereocenters. The summed E-state index contributed by atoms with van der Waals surface area (Å²) < 4.78 is 31.8. The normalized spacial score (nSPS) is 12.2. The Morgan fingerprint density at radius 1 is 1.15 bits per heavy atom. The lowest BCUT2D eigenvalue weighted by Crippen LogP contribution is -2.08. The zero-order chi connectivity index (χ0) is 14.7. The Kier molecular flexibility index (Phi) is 4.57. The Hall–Kier alpha value is -1.65. The molecule has 2 aromatic rings. The first kappa shape index (κ1) is 14.8. The lowest BCUT2D eigenvalue weighted by molar-refractivity contribution is 0.299. The van der Waals surface area contributed by atoms with Crippen molar-refractivity contribution in [1.82, 2.24) is 0 Å². The third-order valence-electron chi connectivity index (χ3n) is 2.86. The Morgan fingerprint density at radius 2 is 1.80 bits per heavy atom. The highest BCUT2D eigenvalue weighted by Gasteiger charge is 2.11. The minimum Gasteiger partial charge on any atom is -0.488 e. The zero-order valence-corrected chi connectivity index (χ0v) is 11.6. The van der Waals surface area contributed by atoms with E-state index < -0.39 is 11.6 Å². The van der Waals surface area contributed by atoms with Crippen molar-refractivity contribution in [3.05, 3.63) is 64.2 Å². The number of ether oxygens (including phenoxy) is 1. The van der Waals surface area contributed by atoms with Gasteiger partial charge in [0, 0.05) is 23.2 Å². The van der Waals surface area contributed by atoms with Crippen LogP contribution in [0.1, 0.15) is 24.1 Å². The predicted molar refractivity (Wildman–Crippen MR) is 74.7 cm³/mol. The van der Waals surface area contributed by atoms with E-state index in [0.29, 0.717) is 16.9 Å². The van der Waals surface area contributed by atoms with Crippen LogP contribution in [0, 0.1) is 11.6 Å². The van der Waals surface area contributed by atoms with Gasteiger partial charge in [-0.15, -0.1) is 0 Å². The van der Waals surface area contributed by atoms with Gasteiger partial charge in [0.05, 0.1) is 5.02 Å². The van der Waals surface area contributed by atoms with Crippen molar-refractivity contribution in [2.24, 2.45) is 5.73 Å². The average Bonchev–Trinajstić information content (AvgIpc) is 2.37. The highest BCUT2D eigenvalue weighted by Crippen LogP contribution is 2.27. The fourth-order valence-electron chi connectivity index (χ4n) is 1.80. The van der Waals surface area contributed by atoms with Gasteiger partial charge in [-0.2, -0.15) is 0 Å². The third kappa shape index (κ3) is 3.46. The number of rotatable bonds is 4. The molecule has 0 fully saturated rings. The highest BCUT2D eigenvalue weighted by atomic mass is 35.5. The Labute approximate surface area is 121 Å². The molecule has 2 N–H and O–H groups in total. The summed E-state index contributed by atoms with van der Waals surface area (Å²) in [5.74, 6) is -0.462. The molecular weight excluding hydrogens is 284 g/mol. The van der Waals surface area contributed by atoms with Crippen LogP contribution in [0.4, 0.5) is 8.78 Å². The van der Waals surface area contributed by atoms with Gasteiger partial charge in [-0.25, -0.2) is 8.78 Å². The van der Waals surface area contributed by atoms with Gasteiger partial charge in [0.15, 0.2) is 0 Å². The quantitative estimate of drug-likeness (QED) is 0.917. The van der Waals surface area contributed by atoms with Crippen molar-refractivity contribution in [1.29, 1.82) is 0 Å². The van der Waals surface area contributed by atoms with E-state index in [1.54, 1.807) is 13.0 Å². The molecule has 0 aromatic heterocycles. The number of benzene rings is 2. The third-order valence-corrected chi connectivity index (χ3v) is 3.22. The van der Waals surface area contributed by atoms with Crippen molar-refractivity contribution < 1.29 is 13.5 Å². The van der Waals surface area contributed by atoms with Crippen LogP contribution in [0.15, 0.2) is 36.4 Å². The summed E-state index contributed by atoms with van der Waals surface area (Å²) in [4.78, 5) is 0. The van der Waals surface area contributed by atoms with Crippen LogP contribution in [0.5, 0.6) is 5.75 Å². The first-order chi connectivity index (χ1) is 9.47. The van der Waals surface area contributed by atoms with E-state index in [2.05, 4.69) is 0 Å². The zero-order valence-electron chi connectivity index (χ0n) is 10.9. The Bertz CT molecular complexity index is 617. The van der Waals surface area contributed by atoms with E-state index in [1.165, 1.54) is 30.3 Å². The molecule has 2 aromatic carbocycles. The van der Waals surface area contributed by atoms with Gasteiger partial charge in [-0.3, -0.25) is 0 Å². The Balaban J connectivity index is 2.20. The smallest absolute Gasteiger partial charge is 0.127 e. The molecule has 0 spiro atoms. The fraction of sp³-hybridized carbons (Fsp3) is 0.200. The highest BCUT2D eigenvalue weighted by molar-refractivity contribution is 6.31. The molecule has 0 aliphatic carbocycles. The van der Waals surface area contributed by atoms with Gasteiger partial charge in [-0.1, -0.05) is 23.7 Å². The first-order valence-electron chi connectivity index (χ1n) is 6.09. The van der Waals surface area contributed by atoms with Crippen LogP contribution in [-0.2, 0) is 6.61 Å². The van der Waals surface area contributed by atoms with E-state index in [-0.39, 0.29) is 17.7 Å². The van der Waals surface area contributed by atoms with Crippen LogP contribution in [-0.4, -0.2) is 0 Å². The van der Waals surface area contributed by atoms with Crippen LogP contribution < -0.4 is 10.5 Å². The number of hydrogen-bond donors (Lipinski definition) is 1. The fourth-order valence-corrected chi connectivity index (χ4v) is 2.03. The molecule has 0 saturated heterocycles. The van der Waals surface area contributed by atoms with Crippen molar-refractivity contribution >= 4 is 11.6 Å². The van der Waals surface area contributed by atoms with Gasteiger partial charge in [0.1, 0.15) is 24.0 Å². The van der Waals surface area contributed by atoms with Crippen molar-refractivity contribution in [2.45, 2.75) is 19.6 Å². The van der Waals surface area contributed by atoms with E-state index in [9.17, 15) is 8.78 Å². The summed E-state index contributed by atoms with van der Waals surface area (Å²) in [7, 11) is 0. The minimum absolute atomic E-state index is 0.113. The maximum atomic E-state index is 13.3. The summed E-state index contributed by atoms with van der Waals surface area (Å²) in [5.41, 5.74) is 7.12. The number of halogens is 3. The monoisotopic (exact) mass is 297 g/mol. The van der Waals surface area contributed by atoms with Gasteiger partial charge in [0.2, 0.25) is 0 Å². The average molecular weight is 298 g/mol. The second-order valence-corrected chi connectivity index (χ2v) is 4.90. The van der Waals surface area contributed by atoms with Crippen molar-refractivity contribution in [3.63, 3.8) is 0 Å². The molecule has 0 aliphatic heterocycles. The molecule has 2 nitrogen and oxygen atoms in total. The summed E-state index contributed by atoms with van der Waals surface area (Å²) in [5, 5.41) is 0.267. The lowest BCUT2D eigenvalue weighted by Gasteiger charge is -2.14. The second kappa shape index (κ2) is 6.20. The molecule has 5 heteroatoms. The van der Waals surface area contributed by atoms with Crippen LogP contribution in [0.3, 0.4) is 0 Å². The van der Waals surface area contributed by atoms with Gasteiger partial charge in [-0.05, 0) is 25.1 Å². The molecule has 0 radical (unpaired) electrons. The van der Waals surface area contributed by atoms with Gasteiger partial charge < -0.3 is 10.5 Å². The lowest BCUT2D eigenvalue weighted by atomic mass is 10.1. The minimum atomic E-state index is -0.416. The molecule has 0 amide bonds. The van der Waals surface area contributed by atoms with Crippen LogP contribution in [0.2, 0.25) is 5.02 Å². The number of nitrogens with two attached hydrogens (primary N) is 1. The van der Waals surface area contributed by atoms with Crippen LogP contribution >= 0.6 is 11.6 Å². The SMILES string of the molecule is C[C@@H](N)c1ccc(F)cc1OCc1ccc(F)cc1Cl. The van der Waals surface area contributed by atoms with Gasteiger partial charge >= 0.3 is 0 Å². The maximum Gasteiger partial charge on any atom is 0.127 e. The van der Waals surface area contributed by atoms with Gasteiger partial charge in [0.25, 0.3) is 0 Å². The van der Waals surface area contributed by atoms with E-state index >= 15 is 0 Å². The maximum absolute atomic E-state index is 13.3. The molecule has 0 unspecified atom stereocenters. The second-order valence-electron chi connectivity index (χ2n) is 4.50. The van der Waals surface area contributed by atoms with Crippen molar-refractivity contribution in [2.75, 3.05) is 0 Å². The molecule has 2 rings (SSSR count). The predicted octanol–water partition coefficient (Wildman–Crippen LogP) is 4.22. The first-order valence-corrected chi connectivity index (χ1v) is 6.47. The van der Waals surface area contributed by atoms with E-state index in [0.717, 1.165) is 0 Å². The Morgan fingerprint density at radius 3 is 2.45 bits per heavy atom. The molecule has 106 valence electrons. The van der Waals surface area contributed by atoms with Crippen molar-refractivity contribution in [3.8, 4) is 5.75 Å². The summed E-state index contributed by atoms with van der Waals surface area (Å²) in [6, 6.07) is 7.94. The number of hydrogen-bond acceptors (Lipinski definition) is 2. The summed E-state index contributed by atoms with van der Waals surface area (Å²) >= 11 is 5.91. The molecule has 20 heavy (non-hydrogen) atoms. The summed E-state index contributed by atoms with van der Waals surface area (Å²) in [6.07, 6.45) is 0. The molecule has 0 bridgehead atoms. The molecule has 0 saturated carbocycles. The van der Waals surface area contributed by atoms with Crippen LogP contribution in [0.25, 0.3) is 0 Å². The molecule has 0 aliphatic rings. The van der Waals surface area contributed by atoms with E-state index in [1.807, 2.05) is 0 Å².